The number of aromatic hydroxyl groups is 1. The maximum Gasteiger partial charge on any atom is 0.256 e. The average molecular weight is 387 g/mol. The topological polar surface area (TPSA) is 63.3 Å². The van der Waals surface area contributed by atoms with Gasteiger partial charge in [0.15, 0.2) is 0 Å². The van der Waals surface area contributed by atoms with E-state index < -0.39 is 0 Å². The predicted molar refractivity (Wildman–Crippen MR) is 107 cm³/mol. The number of aromatic nitrogens is 4. The van der Waals surface area contributed by atoms with E-state index in [4.69, 9.17) is 0 Å². The molecule has 0 aliphatic heterocycles. The molecule has 2 heterocycles. The summed E-state index contributed by atoms with van der Waals surface area (Å²) < 4.78 is 1.39. The summed E-state index contributed by atoms with van der Waals surface area (Å²) in [6.07, 6.45) is 5.42. The highest BCUT2D eigenvalue weighted by molar-refractivity contribution is 8.04. The van der Waals surface area contributed by atoms with Gasteiger partial charge in [-0.3, -0.25) is 0 Å². The maximum absolute atomic E-state index is 9.83. The minimum Gasteiger partial charge on any atom is -0.493 e. The molecule has 0 saturated heterocycles. The quantitative estimate of drug-likeness (QED) is 0.431. The van der Waals surface area contributed by atoms with Gasteiger partial charge in [-0.05, 0) is 19.1 Å². The molecule has 0 bridgehead atoms. The van der Waals surface area contributed by atoms with Crippen LogP contribution in [-0.4, -0.2) is 53.5 Å². The van der Waals surface area contributed by atoms with Crippen molar-refractivity contribution in [1.82, 2.24) is 19.6 Å². The fourth-order valence-corrected chi connectivity index (χ4v) is 5.19. The molecule has 8 heteroatoms. The molecule has 0 aliphatic rings. The van der Waals surface area contributed by atoms with Gasteiger partial charge in [-0.25, -0.2) is 4.98 Å². The van der Waals surface area contributed by atoms with Crippen LogP contribution in [0, 0.1) is 6.92 Å². The predicted octanol–water partition coefficient (Wildman–Crippen LogP) is 4.28. The zero-order valence-corrected chi connectivity index (χ0v) is 16.9. The van der Waals surface area contributed by atoms with Crippen molar-refractivity contribution in [3.05, 3.63) is 11.8 Å². The Morgan fingerprint density at radius 2 is 1.75 bits per heavy atom. The minimum atomic E-state index is 0.0854. The lowest BCUT2D eigenvalue weighted by atomic mass is 10.2. The molecule has 0 saturated carbocycles. The summed E-state index contributed by atoms with van der Waals surface area (Å²) in [6, 6.07) is 1.59. The standard InChI is InChI=1S/C16H26N4OS3/c1-3-4-5-6-7-22-8-9-23-10-11-24-16-18-15-17-13(2)12-14(21)20(15)19-16/h12,21H,3-11H2,1-2H3. The molecule has 0 fully saturated rings. The van der Waals surface area contributed by atoms with Gasteiger partial charge < -0.3 is 5.11 Å². The normalized spacial score (nSPS) is 11.4. The third kappa shape index (κ3) is 6.72. The molecule has 0 aliphatic carbocycles. The van der Waals surface area contributed by atoms with Crippen LogP contribution in [0.15, 0.2) is 11.2 Å². The zero-order chi connectivity index (χ0) is 17.2. The van der Waals surface area contributed by atoms with E-state index in [1.54, 1.807) is 17.8 Å². The highest BCUT2D eigenvalue weighted by atomic mass is 32.2. The molecule has 0 atom stereocenters. The Morgan fingerprint density at radius 1 is 1.00 bits per heavy atom. The summed E-state index contributed by atoms with van der Waals surface area (Å²) in [4.78, 5) is 8.62. The zero-order valence-electron chi connectivity index (χ0n) is 14.4. The number of nitrogens with zero attached hydrogens (tertiary/aromatic N) is 4. The smallest absolute Gasteiger partial charge is 0.256 e. The minimum absolute atomic E-state index is 0.0854. The fraction of sp³-hybridized carbons (Fsp3) is 0.688. The van der Waals surface area contributed by atoms with Gasteiger partial charge in [-0.15, -0.1) is 5.10 Å². The fourth-order valence-electron chi connectivity index (χ4n) is 2.16. The SMILES string of the molecule is CCCCCCSCCSCCSc1nc2nc(C)cc(O)n2n1. The number of fused-ring (bicyclic) bond motifs is 1. The van der Waals surface area contributed by atoms with Crippen molar-refractivity contribution in [2.24, 2.45) is 0 Å². The Kier molecular flexibility index (Phi) is 9.12. The molecule has 24 heavy (non-hydrogen) atoms. The van der Waals surface area contributed by atoms with Crippen molar-refractivity contribution >= 4 is 41.1 Å². The molecule has 5 nitrogen and oxygen atoms in total. The van der Waals surface area contributed by atoms with Gasteiger partial charge in [0, 0.05) is 34.8 Å². The Morgan fingerprint density at radius 3 is 2.54 bits per heavy atom. The molecule has 0 amide bonds. The van der Waals surface area contributed by atoms with E-state index in [2.05, 4.69) is 33.8 Å². The number of aryl methyl sites for hydroxylation is 1. The van der Waals surface area contributed by atoms with Gasteiger partial charge in [0.05, 0.1) is 0 Å². The Hall–Kier alpha value is -0.600. The summed E-state index contributed by atoms with van der Waals surface area (Å²) in [5.74, 6) is 6.36. The van der Waals surface area contributed by atoms with Crippen molar-refractivity contribution in [3.8, 4) is 5.88 Å². The molecule has 0 spiro atoms. The van der Waals surface area contributed by atoms with E-state index >= 15 is 0 Å². The second-order valence-corrected chi connectivity index (χ2v) is 9.01. The Labute approximate surface area is 156 Å². The van der Waals surface area contributed by atoms with E-state index in [9.17, 15) is 5.11 Å². The van der Waals surface area contributed by atoms with Gasteiger partial charge in [-0.2, -0.15) is 33.0 Å². The molecule has 0 radical (unpaired) electrons. The second-order valence-electron chi connectivity index (χ2n) is 5.50. The van der Waals surface area contributed by atoms with Crippen LogP contribution in [0.2, 0.25) is 0 Å². The first-order valence-electron chi connectivity index (χ1n) is 8.42. The molecule has 134 valence electrons. The van der Waals surface area contributed by atoms with Gasteiger partial charge in [0.2, 0.25) is 11.0 Å². The van der Waals surface area contributed by atoms with Crippen LogP contribution in [-0.2, 0) is 0 Å². The van der Waals surface area contributed by atoms with Gasteiger partial charge in [0.1, 0.15) is 0 Å². The number of thioether (sulfide) groups is 3. The lowest BCUT2D eigenvalue weighted by Gasteiger charge is -2.01. The molecule has 0 unspecified atom stereocenters. The number of hydrogen-bond donors (Lipinski definition) is 1. The highest BCUT2D eigenvalue weighted by Gasteiger charge is 2.09. The van der Waals surface area contributed by atoms with Gasteiger partial charge in [-0.1, -0.05) is 37.9 Å². The number of rotatable bonds is 12. The van der Waals surface area contributed by atoms with Gasteiger partial charge in [0.25, 0.3) is 5.78 Å². The third-order valence-corrected chi connectivity index (χ3v) is 6.79. The van der Waals surface area contributed by atoms with Crippen LogP contribution in [0.25, 0.3) is 5.78 Å². The van der Waals surface area contributed by atoms with Crippen LogP contribution in [0.1, 0.15) is 38.3 Å². The molecule has 2 aromatic rings. The van der Waals surface area contributed by atoms with Crippen molar-refractivity contribution in [3.63, 3.8) is 0 Å². The second kappa shape index (κ2) is 11.1. The van der Waals surface area contributed by atoms with Crippen LogP contribution < -0.4 is 0 Å². The summed E-state index contributed by atoms with van der Waals surface area (Å²) in [6.45, 7) is 4.09. The lowest BCUT2D eigenvalue weighted by Crippen LogP contribution is -1.93. The third-order valence-electron chi connectivity index (χ3n) is 3.38. The highest BCUT2D eigenvalue weighted by Crippen LogP contribution is 2.19. The first-order valence-corrected chi connectivity index (χ1v) is 11.7. The largest absolute Gasteiger partial charge is 0.493 e. The van der Waals surface area contributed by atoms with Crippen LogP contribution in [0.5, 0.6) is 5.88 Å². The summed E-state index contributed by atoms with van der Waals surface area (Å²) in [5, 5.41) is 14.8. The Balaban J connectivity index is 1.56. The molecule has 1 N–H and O–H groups in total. The van der Waals surface area contributed by atoms with Crippen LogP contribution in [0.3, 0.4) is 0 Å². The molecule has 2 aromatic heterocycles. The van der Waals surface area contributed by atoms with Crippen molar-refractivity contribution < 1.29 is 5.11 Å². The number of hydrogen-bond acceptors (Lipinski definition) is 7. The van der Waals surface area contributed by atoms with E-state index in [0.29, 0.717) is 10.9 Å². The molecular weight excluding hydrogens is 360 g/mol. The lowest BCUT2D eigenvalue weighted by molar-refractivity contribution is 0.433. The van der Waals surface area contributed by atoms with Crippen molar-refractivity contribution in [2.75, 3.05) is 28.8 Å². The van der Waals surface area contributed by atoms with Crippen molar-refractivity contribution in [2.45, 2.75) is 44.7 Å². The van der Waals surface area contributed by atoms with Crippen LogP contribution >= 0.6 is 35.3 Å². The average Bonchev–Trinajstić information content (AvgIpc) is 2.95. The summed E-state index contributed by atoms with van der Waals surface area (Å²) in [5.41, 5.74) is 0.742. The van der Waals surface area contributed by atoms with E-state index in [1.165, 1.54) is 47.5 Å². The monoisotopic (exact) mass is 386 g/mol. The number of unbranched alkanes of at least 4 members (excludes halogenated alkanes) is 3. The van der Waals surface area contributed by atoms with E-state index in [1.807, 2.05) is 18.7 Å². The maximum atomic E-state index is 9.83. The van der Waals surface area contributed by atoms with Crippen molar-refractivity contribution in [1.29, 1.82) is 0 Å². The summed E-state index contributed by atoms with van der Waals surface area (Å²) in [7, 11) is 0. The molecular formula is C16H26N4OS3. The summed E-state index contributed by atoms with van der Waals surface area (Å²) >= 11 is 5.67. The first-order chi connectivity index (χ1) is 11.7. The first kappa shape index (κ1) is 19.7. The molecule has 0 aromatic carbocycles. The Bertz CT molecular complexity index is 621. The van der Waals surface area contributed by atoms with E-state index in [0.717, 1.165) is 17.2 Å². The van der Waals surface area contributed by atoms with Crippen LogP contribution in [0.4, 0.5) is 0 Å². The van der Waals surface area contributed by atoms with E-state index in [-0.39, 0.29) is 5.88 Å². The molecule has 2 rings (SSSR count). The van der Waals surface area contributed by atoms with Gasteiger partial charge >= 0.3 is 0 Å².